The first kappa shape index (κ1) is 21.8. The zero-order valence-electron chi connectivity index (χ0n) is 17.8. The molecule has 0 atom stereocenters. The highest BCUT2D eigenvalue weighted by Gasteiger charge is 2.19. The summed E-state index contributed by atoms with van der Waals surface area (Å²) in [5.41, 5.74) is 8.68. The Kier molecular flexibility index (Phi) is 6.86. The van der Waals surface area contributed by atoms with Crippen molar-refractivity contribution in [2.75, 3.05) is 18.2 Å². The van der Waals surface area contributed by atoms with Crippen molar-refractivity contribution in [3.63, 3.8) is 0 Å². The van der Waals surface area contributed by atoms with Gasteiger partial charge in [-0.25, -0.2) is 4.68 Å². The van der Waals surface area contributed by atoms with Crippen molar-refractivity contribution in [2.45, 2.75) is 32.9 Å². The summed E-state index contributed by atoms with van der Waals surface area (Å²) >= 11 is 0. The number of methoxy groups -OCH3 is 1. The van der Waals surface area contributed by atoms with E-state index in [9.17, 15) is 9.59 Å². The standard InChI is InChI=1S/C22H26N6O3/c1-14(2)16-7-9-17(10-8-16)25-19(29)13-28-21(23)20(26-27-28)22(30)24-12-15-5-4-6-18(11-15)31-3/h4-11,14H,12-13,23H2,1-3H3,(H,24,30)(H,25,29). The summed E-state index contributed by atoms with van der Waals surface area (Å²) < 4.78 is 6.36. The quantitative estimate of drug-likeness (QED) is 0.512. The van der Waals surface area contributed by atoms with Crippen molar-refractivity contribution in [1.29, 1.82) is 0 Å². The Morgan fingerprint density at radius 3 is 2.58 bits per heavy atom. The van der Waals surface area contributed by atoms with Gasteiger partial charge in [-0.05, 0) is 41.3 Å². The van der Waals surface area contributed by atoms with E-state index in [1.54, 1.807) is 7.11 Å². The maximum Gasteiger partial charge on any atom is 0.275 e. The van der Waals surface area contributed by atoms with Crippen molar-refractivity contribution in [3.05, 3.63) is 65.4 Å². The van der Waals surface area contributed by atoms with E-state index in [1.807, 2.05) is 48.5 Å². The molecule has 9 heteroatoms. The molecule has 0 radical (unpaired) electrons. The number of carbonyl (C=O) groups excluding carboxylic acids is 2. The van der Waals surface area contributed by atoms with E-state index in [4.69, 9.17) is 10.5 Å². The third-order valence-corrected chi connectivity index (χ3v) is 4.73. The SMILES string of the molecule is COc1cccc(CNC(=O)c2nnn(CC(=O)Nc3ccc(C(C)C)cc3)c2N)c1. The lowest BCUT2D eigenvalue weighted by atomic mass is 10.0. The number of benzene rings is 2. The Labute approximate surface area is 180 Å². The average molecular weight is 422 g/mol. The summed E-state index contributed by atoms with van der Waals surface area (Å²) in [6.07, 6.45) is 0. The summed E-state index contributed by atoms with van der Waals surface area (Å²) in [6, 6.07) is 15.0. The normalized spacial score (nSPS) is 10.7. The summed E-state index contributed by atoms with van der Waals surface area (Å²) in [4.78, 5) is 24.8. The number of carbonyl (C=O) groups is 2. The van der Waals surface area contributed by atoms with E-state index in [-0.39, 0.29) is 30.5 Å². The highest BCUT2D eigenvalue weighted by Crippen LogP contribution is 2.17. The molecule has 0 saturated heterocycles. The van der Waals surface area contributed by atoms with E-state index in [1.165, 1.54) is 10.2 Å². The number of hydrogen-bond acceptors (Lipinski definition) is 6. The number of nitrogen functional groups attached to an aromatic ring is 1. The van der Waals surface area contributed by atoms with Crippen LogP contribution >= 0.6 is 0 Å². The van der Waals surface area contributed by atoms with Crippen LogP contribution in [0.25, 0.3) is 0 Å². The molecule has 9 nitrogen and oxygen atoms in total. The van der Waals surface area contributed by atoms with Crippen LogP contribution in [0.3, 0.4) is 0 Å². The molecule has 0 aliphatic carbocycles. The van der Waals surface area contributed by atoms with Crippen LogP contribution in [0.1, 0.15) is 41.4 Å². The molecule has 1 aromatic heterocycles. The van der Waals surface area contributed by atoms with Crippen molar-refractivity contribution >= 4 is 23.3 Å². The van der Waals surface area contributed by atoms with Crippen molar-refractivity contribution in [3.8, 4) is 5.75 Å². The maximum atomic E-state index is 12.4. The number of nitrogens with one attached hydrogen (secondary N) is 2. The van der Waals surface area contributed by atoms with E-state index >= 15 is 0 Å². The molecule has 0 unspecified atom stereocenters. The highest BCUT2D eigenvalue weighted by atomic mass is 16.5. The molecule has 0 aliphatic rings. The Hall–Kier alpha value is -3.88. The number of hydrogen-bond donors (Lipinski definition) is 3. The van der Waals surface area contributed by atoms with Crippen LogP contribution < -0.4 is 21.1 Å². The van der Waals surface area contributed by atoms with Crippen molar-refractivity contribution in [1.82, 2.24) is 20.3 Å². The molecule has 0 bridgehead atoms. The molecule has 1 heterocycles. The highest BCUT2D eigenvalue weighted by molar-refractivity contribution is 5.96. The summed E-state index contributed by atoms with van der Waals surface area (Å²) in [5, 5.41) is 13.2. The Balaban J connectivity index is 1.58. The maximum absolute atomic E-state index is 12.4. The number of aromatic nitrogens is 3. The summed E-state index contributed by atoms with van der Waals surface area (Å²) in [6.45, 7) is 4.32. The molecule has 2 aromatic carbocycles. The van der Waals surface area contributed by atoms with E-state index in [2.05, 4.69) is 34.8 Å². The van der Waals surface area contributed by atoms with Crippen LogP contribution in [0.5, 0.6) is 5.75 Å². The third kappa shape index (κ3) is 5.59. The van der Waals surface area contributed by atoms with Gasteiger partial charge in [-0.3, -0.25) is 9.59 Å². The lowest BCUT2D eigenvalue weighted by Crippen LogP contribution is -2.25. The largest absolute Gasteiger partial charge is 0.497 e. The van der Waals surface area contributed by atoms with Gasteiger partial charge in [0.05, 0.1) is 7.11 Å². The molecule has 4 N–H and O–H groups in total. The molecule has 0 fully saturated rings. The van der Waals surface area contributed by atoms with Gasteiger partial charge in [-0.2, -0.15) is 0 Å². The first-order valence-corrected chi connectivity index (χ1v) is 9.87. The lowest BCUT2D eigenvalue weighted by molar-refractivity contribution is -0.116. The van der Waals surface area contributed by atoms with Gasteiger partial charge in [0.25, 0.3) is 5.91 Å². The molecule has 3 rings (SSSR count). The fourth-order valence-corrected chi connectivity index (χ4v) is 2.94. The van der Waals surface area contributed by atoms with Crippen molar-refractivity contribution < 1.29 is 14.3 Å². The molecule has 0 saturated carbocycles. The second-order valence-corrected chi connectivity index (χ2v) is 7.34. The number of rotatable bonds is 8. The van der Waals surface area contributed by atoms with Crippen LogP contribution in [0.2, 0.25) is 0 Å². The molecule has 31 heavy (non-hydrogen) atoms. The fraction of sp³-hybridized carbons (Fsp3) is 0.273. The van der Waals surface area contributed by atoms with E-state index in [0.717, 1.165) is 5.56 Å². The summed E-state index contributed by atoms with van der Waals surface area (Å²) in [5.74, 6) is 0.331. The van der Waals surface area contributed by atoms with Gasteiger partial charge in [0.2, 0.25) is 5.91 Å². The predicted octanol–water partition coefficient (Wildman–Crippen LogP) is 2.56. The lowest BCUT2D eigenvalue weighted by Gasteiger charge is -2.09. The van der Waals surface area contributed by atoms with Gasteiger partial charge in [0, 0.05) is 12.2 Å². The zero-order valence-corrected chi connectivity index (χ0v) is 17.8. The minimum absolute atomic E-state index is 0.0217. The van der Waals surface area contributed by atoms with Gasteiger partial charge in [-0.15, -0.1) is 5.10 Å². The molecular weight excluding hydrogens is 396 g/mol. The number of nitrogens with zero attached hydrogens (tertiary/aromatic N) is 3. The molecule has 3 aromatic rings. The van der Waals surface area contributed by atoms with Crippen LogP contribution in [-0.2, 0) is 17.9 Å². The fourth-order valence-electron chi connectivity index (χ4n) is 2.94. The molecule has 0 aliphatic heterocycles. The number of nitrogens with two attached hydrogens (primary N) is 1. The van der Waals surface area contributed by atoms with Crippen LogP contribution in [-0.4, -0.2) is 33.9 Å². The summed E-state index contributed by atoms with van der Waals surface area (Å²) in [7, 11) is 1.58. The van der Waals surface area contributed by atoms with Crippen LogP contribution in [0.4, 0.5) is 11.5 Å². The van der Waals surface area contributed by atoms with Crippen LogP contribution in [0, 0.1) is 0 Å². The second-order valence-electron chi connectivity index (χ2n) is 7.34. The second kappa shape index (κ2) is 9.75. The number of anilines is 2. The minimum atomic E-state index is -0.476. The first-order valence-electron chi connectivity index (χ1n) is 9.87. The Bertz CT molecular complexity index is 1060. The zero-order chi connectivity index (χ0) is 22.4. The average Bonchev–Trinajstić information content (AvgIpc) is 3.12. The van der Waals surface area contributed by atoms with Crippen LogP contribution in [0.15, 0.2) is 48.5 Å². The molecular formula is C22H26N6O3. The third-order valence-electron chi connectivity index (χ3n) is 4.73. The van der Waals surface area contributed by atoms with Gasteiger partial charge in [0.1, 0.15) is 12.3 Å². The predicted molar refractivity (Wildman–Crippen MR) is 118 cm³/mol. The van der Waals surface area contributed by atoms with Gasteiger partial charge >= 0.3 is 0 Å². The molecule has 0 spiro atoms. The Morgan fingerprint density at radius 2 is 1.90 bits per heavy atom. The Morgan fingerprint density at radius 1 is 1.16 bits per heavy atom. The monoisotopic (exact) mass is 422 g/mol. The number of amides is 2. The smallest absolute Gasteiger partial charge is 0.275 e. The van der Waals surface area contributed by atoms with Gasteiger partial charge in [0.15, 0.2) is 11.5 Å². The molecule has 162 valence electrons. The minimum Gasteiger partial charge on any atom is -0.497 e. The van der Waals surface area contributed by atoms with Crippen molar-refractivity contribution in [2.24, 2.45) is 0 Å². The first-order chi connectivity index (χ1) is 14.9. The molecule has 2 amide bonds. The van der Waals surface area contributed by atoms with Gasteiger partial charge < -0.3 is 21.1 Å². The van der Waals surface area contributed by atoms with Gasteiger partial charge in [-0.1, -0.05) is 43.3 Å². The number of ether oxygens (including phenoxy) is 1. The van der Waals surface area contributed by atoms with E-state index in [0.29, 0.717) is 17.4 Å². The van der Waals surface area contributed by atoms with E-state index < -0.39 is 5.91 Å². The topological polar surface area (TPSA) is 124 Å².